The van der Waals surface area contributed by atoms with Gasteiger partial charge in [-0.1, -0.05) is 0 Å². The molecule has 0 saturated carbocycles. The Balaban J connectivity index is 2.31. The molecule has 7 heteroatoms. The van der Waals surface area contributed by atoms with Crippen LogP contribution in [0.3, 0.4) is 0 Å². The number of nitrogens with zero attached hydrogens (tertiary/aromatic N) is 1. The molecule has 0 spiro atoms. The second-order valence-electron chi connectivity index (χ2n) is 4.12. The number of esters is 1. The van der Waals surface area contributed by atoms with Gasteiger partial charge in [-0.15, -0.1) is 0 Å². The first-order valence-corrected chi connectivity index (χ1v) is 6.26. The average Bonchev–Trinajstić information content (AvgIpc) is 2.77. The molecular formula is C12H10BrF2NO3. The quantitative estimate of drug-likeness (QED) is 0.616. The lowest BCUT2D eigenvalue weighted by Gasteiger charge is -2.17. The van der Waals surface area contributed by atoms with Crippen LogP contribution < -0.4 is 4.90 Å². The molecule has 1 fully saturated rings. The molecule has 4 nitrogen and oxygen atoms in total. The molecule has 102 valence electrons. The van der Waals surface area contributed by atoms with Crippen LogP contribution in [0.1, 0.15) is 6.42 Å². The lowest BCUT2D eigenvalue weighted by Crippen LogP contribution is -2.27. The number of carbonyl (C=O) groups excluding carboxylic acids is 2. The van der Waals surface area contributed by atoms with Crippen molar-refractivity contribution in [2.24, 2.45) is 5.92 Å². The topological polar surface area (TPSA) is 46.6 Å². The van der Waals surface area contributed by atoms with Gasteiger partial charge in [0.15, 0.2) is 11.6 Å². The third-order valence-electron chi connectivity index (χ3n) is 2.97. The van der Waals surface area contributed by atoms with Crippen LogP contribution in [-0.4, -0.2) is 25.5 Å². The molecule has 19 heavy (non-hydrogen) atoms. The lowest BCUT2D eigenvalue weighted by molar-refractivity contribution is -0.145. The summed E-state index contributed by atoms with van der Waals surface area (Å²) in [6.45, 7) is -0.0104. The van der Waals surface area contributed by atoms with Crippen LogP contribution in [0.4, 0.5) is 14.5 Å². The molecule has 1 aromatic carbocycles. The molecule has 0 N–H and O–H groups in total. The van der Waals surface area contributed by atoms with Crippen LogP contribution >= 0.6 is 15.9 Å². The number of hydrogen-bond donors (Lipinski definition) is 0. The summed E-state index contributed by atoms with van der Waals surface area (Å²) in [4.78, 5) is 24.2. The highest BCUT2D eigenvalue weighted by atomic mass is 79.9. The number of carbonyl (C=O) groups is 2. The van der Waals surface area contributed by atoms with Crippen molar-refractivity contribution in [2.45, 2.75) is 6.42 Å². The van der Waals surface area contributed by atoms with Crippen molar-refractivity contribution in [3.05, 3.63) is 28.2 Å². The number of anilines is 1. The van der Waals surface area contributed by atoms with Crippen LogP contribution in [0.5, 0.6) is 0 Å². The van der Waals surface area contributed by atoms with Crippen molar-refractivity contribution >= 4 is 33.5 Å². The number of methoxy groups -OCH3 is 1. The predicted octanol–water partition coefficient (Wildman–Crippen LogP) is 2.25. The van der Waals surface area contributed by atoms with Crippen LogP contribution in [0.2, 0.25) is 0 Å². The Hall–Kier alpha value is -1.50. The molecule has 1 aliphatic rings. The van der Waals surface area contributed by atoms with E-state index in [1.54, 1.807) is 0 Å². The van der Waals surface area contributed by atoms with E-state index in [2.05, 4.69) is 20.7 Å². The maximum Gasteiger partial charge on any atom is 0.311 e. The fraction of sp³-hybridized carbons (Fsp3) is 0.333. The van der Waals surface area contributed by atoms with Gasteiger partial charge in [0.2, 0.25) is 5.91 Å². The highest BCUT2D eigenvalue weighted by molar-refractivity contribution is 9.10. The zero-order valence-electron chi connectivity index (χ0n) is 9.95. The highest BCUT2D eigenvalue weighted by Crippen LogP contribution is 2.31. The molecule has 1 unspecified atom stereocenters. The largest absolute Gasteiger partial charge is 0.469 e. The van der Waals surface area contributed by atoms with E-state index in [-0.39, 0.29) is 23.1 Å². The zero-order chi connectivity index (χ0) is 14.2. The van der Waals surface area contributed by atoms with E-state index < -0.39 is 29.4 Å². The Morgan fingerprint density at radius 1 is 1.42 bits per heavy atom. The maximum absolute atomic E-state index is 13.8. The summed E-state index contributed by atoms with van der Waals surface area (Å²) >= 11 is 2.86. The van der Waals surface area contributed by atoms with Crippen molar-refractivity contribution in [3.63, 3.8) is 0 Å². The van der Waals surface area contributed by atoms with E-state index in [1.165, 1.54) is 19.2 Å². The molecule has 1 aliphatic heterocycles. The van der Waals surface area contributed by atoms with Crippen molar-refractivity contribution in [3.8, 4) is 0 Å². The molecule has 0 aromatic heterocycles. The van der Waals surface area contributed by atoms with Gasteiger partial charge in [-0.3, -0.25) is 9.59 Å². The van der Waals surface area contributed by atoms with E-state index in [0.29, 0.717) is 0 Å². The van der Waals surface area contributed by atoms with E-state index in [9.17, 15) is 18.4 Å². The molecule has 1 amide bonds. The Morgan fingerprint density at radius 3 is 2.74 bits per heavy atom. The van der Waals surface area contributed by atoms with Gasteiger partial charge in [0.1, 0.15) is 0 Å². The summed E-state index contributed by atoms with van der Waals surface area (Å²) in [6, 6.07) is 2.60. The first-order chi connectivity index (χ1) is 8.95. The fourth-order valence-corrected chi connectivity index (χ4v) is 2.30. The monoisotopic (exact) mass is 333 g/mol. The third-order valence-corrected chi connectivity index (χ3v) is 3.58. The van der Waals surface area contributed by atoms with Gasteiger partial charge in [0, 0.05) is 13.0 Å². The molecule has 0 bridgehead atoms. The van der Waals surface area contributed by atoms with Crippen molar-refractivity contribution in [2.75, 3.05) is 18.6 Å². The van der Waals surface area contributed by atoms with Crippen LogP contribution in [0.15, 0.2) is 16.6 Å². The van der Waals surface area contributed by atoms with Gasteiger partial charge >= 0.3 is 5.97 Å². The van der Waals surface area contributed by atoms with Gasteiger partial charge in [0.05, 0.1) is 23.2 Å². The maximum atomic E-state index is 13.8. The predicted molar refractivity (Wildman–Crippen MR) is 66.5 cm³/mol. The first-order valence-electron chi connectivity index (χ1n) is 5.47. The lowest BCUT2D eigenvalue weighted by atomic mass is 10.1. The summed E-state index contributed by atoms with van der Waals surface area (Å²) in [5, 5.41) is 0. The van der Waals surface area contributed by atoms with Gasteiger partial charge in [-0.05, 0) is 28.1 Å². The second kappa shape index (κ2) is 5.24. The molecular weight excluding hydrogens is 324 g/mol. The van der Waals surface area contributed by atoms with Gasteiger partial charge in [0.25, 0.3) is 0 Å². The van der Waals surface area contributed by atoms with Crippen LogP contribution in [-0.2, 0) is 14.3 Å². The smallest absolute Gasteiger partial charge is 0.311 e. The molecule has 0 aliphatic carbocycles. The molecule has 1 saturated heterocycles. The van der Waals surface area contributed by atoms with Crippen molar-refractivity contribution in [1.29, 1.82) is 0 Å². The Labute approximate surface area is 116 Å². The van der Waals surface area contributed by atoms with E-state index in [1.807, 2.05) is 0 Å². The standard InChI is InChI=1S/C12H10BrF2NO3/c1-19-12(18)6-4-9(17)16(5-6)8-3-2-7(13)10(14)11(8)15/h2-3,6H,4-5H2,1H3. The average molecular weight is 334 g/mol. The minimum Gasteiger partial charge on any atom is -0.469 e. The number of amides is 1. The van der Waals surface area contributed by atoms with Gasteiger partial charge in [-0.2, -0.15) is 0 Å². The SMILES string of the molecule is COC(=O)C1CC(=O)N(c2ccc(Br)c(F)c2F)C1. The number of benzene rings is 1. The van der Waals surface area contributed by atoms with Crippen LogP contribution in [0, 0.1) is 17.6 Å². The van der Waals surface area contributed by atoms with Gasteiger partial charge in [-0.25, -0.2) is 8.78 Å². The zero-order valence-corrected chi connectivity index (χ0v) is 11.5. The summed E-state index contributed by atoms with van der Waals surface area (Å²) < 4.78 is 31.7. The Morgan fingerprint density at radius 2 is 2.11 bits per heavy atom. The summed E-state index contributed by atoms with van der Waals surface area (Å²) in [7, 11) is 1.22. The third kappa shape index (κ3) is 2.47. The molecule has 1 atom stereocenters. The summed E-state index contributed by atoms with van der Waals surface area (Å²) in [5.41, 5.74) is -0.169. The van der Waals surface area contributed by atoms with Crippen LogP contribution in [0.25, 0.3) is 0 Å². The normalized spacial score (nSPS) is 18.8. The van der Waals surface area contributed by atoms with E-state index in [4.69, 9.17) is 0 Å². The minimum atomic E-state index is -1.12. The van der Waals surface area contributed by atoms with Gasteiger partial charge < -0.3 is 9.64 Å². The summed E-state index contributed by atoms with van der Waals surface area (Å²) in [6.07, 6.45) is -0.0657. The van der Waals surface area contributed by atoms with Crippen molar-refractivity contribution < 1.29 is 23.1 Å². The molecule has 2 rings (SSSR count). The molecule has 1 heterocycles. The number of ether oxygens (including phenoxy) is 1. The first kappa shape index (κ1) is 13.9. The highest BCUT2D eigenvalue weighted by Gasteiger charge is 2.37. The molecule has 1 aromatic rings. The van der Waals surface area contributed by atoms with E-state index >= 15 is 0 Å². The fourth-order valence-electron chi connectivity index (χ4n) is 1.99. The number of halogens is 3. The summed E-state index contributed by atoms with van der Waals surface area (Å²) in [5.74, 6) is -3.80. The Kier molecular flexibility index (Phi) is 3.84. The number of rotatable bonds is 2. The minimum absolute atomic E-state index is 0.0104. The second-order valence-corrected chi connectivity index (χ2v) is 4.98. The number of hydrogen-bond acceptors (Lipinski definition) is 3. The molecule has 0 radical (unpaired) electrons. The van der Waals surface area contributed by atoms with Crippen molar-refractivity contribution in [1.82, 2.24) is 0 Å². The van der Waals surface area contributed by atoms with E-state index in [0.717, 1.165) is 4.90 Å². The Bertz CT molecular complexity index is 550.